The van der Waals surface area contributed by atoms with E-state index in [-0.39, 0.29) is 11.3 Å². The minimum atomic E-state index is -0.641. The van der Waals surface area contributed by atoms with Crippen molar-refractivity contribution in [2.75, 3.05) is 0 Å². The molecule has 0 atom stereocenters. The number of aromatic nitrogens is 1. The fraction of sp³-hybridized carbons (Fsp3) is 0.0769. The number of pyridine rings is 1. The van der Waals surface area contributed by atoms with Gasteiger partial charge in [-0.3, -0.25) is 4.79 Å². The highest BCUT2D eigenvalue weighted by molar-refractivity contribution is 7.23. The van der Waals surface area contributed by atoms with Gasteiger partial charge >= 0.3 is 0 Å². The molecule has 0 bridgehead atoms. The van der Waals surface area contributed by atoms with Gasteiger partial charge in [-0.1, -0.05) is 11.6 Å². The van der Waals surface area contributed by atoms with E-state index >= 15 is 0 Å². The van der Waals surface area contributed by atoms with Crippen molar-refractivity contribution >= 4 is 33.2 Å². The van der Waals surface area contributed by atoms with Crippen molar-refractivity contribution in [3.8, 4) is 23.1 Å². The van der Waals surface area contributed by atoms with Gasteiger partial charge in [0.1, 0.15) is 32.5 Å². The Hall–Kier alpha value is -2.23. The van der Waals surface area contributed by atoms with Gasteiger partial charge in [-0.05, 0) is 19.1 Å². The van der Waals surface area contributed by atoms with Crippen molar-refractivity contribution in [3.05, 3.63) is 38.1 Å². The van der Waals surface area contributed by atoms with Crippen LogP contribution < -0.4 is 5.56 Å². The molecule has 0 aliphatic heterocycles. The maximum absolute atomic E-state index is 11.6. The molecule has 3 aromatic heterocycles. The van der Waals surface area contributed by atoms with Crippen LogP contribution in [-0.2, 0) is 0 Å². The normalized spacial score (nSPS) is 10.8. The molecule has 0 unspecified atom stereocenters. The van der Waals surface area contributed by atoms with Gasteiger partial charge in [0.05, 0.1) is 10.9 Å². The highest BCUT2D eigenvalue weighted by Gasteiger charge is 2.22. The van der Waals surface area contributed by atoms with Gasteiger partial charge in [-0.25, -0.2) is 0 Å². The molecular formula is C13H7ClN2O3S. The van der Waals surface area contributed by atoms with Crippen LogP contribution in [0.4, 0.5) is 0 Å². The number of thiophene rings is 1. The zero-order chi connectivity index (χ0) is 14.4. The van der Waals surface area contributed by atoms with Gasteiger partial charge in [0, 0.05) is 0 Å². The first-order valence-corrected chi connectivity index (χ1v) is 6.76. The van der Waals surface area contributed by atoms with Gasteiger partial charge in [-0.15, -0.1) is 11.3 Å². The molecule has 0 spiro atoms. The Bertz CT molecular complexity index is 930. The second kappa shape index (κ2) is 4.40. The minimum absolute atomic E-state index is 0.325. The van der Waals surface area contributed by atoms with Crippen molar-refractivity contribution in [1.29, 1.82) is 5.26 Å². The third-order valence-electron chi connectivity index (χ3n) is 2.89. The predicted octanol–water partition coefficient (Wildman–Crippen LogP) is 3.39. The number of H-pyrrole nitrogens is 1. The number of fused-ring (bicyclic) bond motifs is 1. The number of nitrogens with one attached hydrogen (secondary N) is 1. The largest absolute Gasteiger partial charge is 0.506 e. The van der Waals surface area contributed by atoms with Crippen LogP contribution in [0.2, 0.25) is 4.34 Å². The molecule has 0 radical (unpaired) electrons. The van der Waals surface area contributed by atoms with E-state index in [1.54, 1.807) is 25.1 Å². The van der Waals surface area contributed by atoms with Crippen LogP contribution in [0.25, 0.3) is 21.5 Å². The first-order valence-electron chi connectivity index (χ1n) is 5.57. The molecule has 0 saturated carbocycles. The van der Waals surface area contributed by atoms with E-state index in [1.807, 2.05) is 0 Å². The van der Waals surface area contributed by atoms with Crippen molar-refractivity contribution in [1.82, 2.24) is 4.98 Å². The Morgan fingerprint density at radius 1 is 1.50 bits per heavy atom. The summed E-state index contributed by atoms with van der Waals surface area (Å²) in [4.78, 5) is 14.6. The lowest BCUT2D eigenvalue weighted by Crippen LogP contribution is -2.09. The van der Waals surface area contributed by atoms with E-state index in [0.29, 0.717) is 31.6 Å². The van der Waals surface area contributed by atoms with E-state index in [1.165, 1.54) is 0 Å². The molecular weight excluding hydrogens is 300 g/mol. The van der Waals surface area contributed by atoms with Gasteiger partial charge in [0.25, 0.3) is 5.56 Å². The van der Waals surface area contributed by atoms with Crippen molar-refractivity contribution < 1.29 is 9.52 Å². The van der Waals surface area contributed by atoms with Crippen LogP contribution in [0, 0.1) is 18.3 Å². The topological polar surface area (TPSA) is 90.0 Å². The summed E-state index contributed by atoms with van der Waals surface area (Å²) < 4.78 is 5.88. The van der Waals surface area contributed by atoms with E-state index in [4.69, 9.17) is 21.3 Å². The molecule has 3 heterocycles. The Kier molecular flexibility index (Phi) is 2.82. The standard InChI is InChI=1S/C13H7ClN2O3S/c1-5-2-3-7(19-5)8-9-10(17)6(4-15)12(18)16-13(9)20-11(8)14/h2-3H,1H3,(H2,16,17,18). The summed E-state index contributed by atoms with van der Waals surface area (Å²) in [6.07, 6.45) is 0. The summed E-state index contributed by atoms with van der Waals surface area (Å²) in [5.41, 5.74) is -0.501. The van der Waals surface area contributed by atoms with E-state index in [2.05, 4.69) is 4.98 Å². The molecule has 5 nitrogen and oxygen atoms in total. The lowest BCUT2D eigenvalue weighted by molar-refractivity contribution is 0.478. The van der Waals surface area contributed by atoms with Crippen molar-refractivity contribution in [2.24, 2.45) is 0 Å². The Labute approximate surface area is 121 Å². The maximum atomic E-state index is 11.6. The Morgan fingerprint density at radius 3 is 2.85 bits per heavy atom. The van der Waals surface area contributed by atoms with Crippen molar-refractivity contribution in [2.45, 2.75) is 6.92 Å². The summed E-state index contributed by atoms with van der Waals surface area (Å²) >= 11 is 7.28. The number of nitriles is 1. The smallest absolute Gasteiger partial charge is 0.270 e. The Balaban J connectivity index is 2.47. The van der Waals surface area contributed by atoms with E-state index in [0.717, 1.165) is 11.3 Å². The predicted molar refractivity (Wildman–Crippen MR) is 76.3 cm³/mol. The van der Waals surface area contributed by atoms with E-state index in [9.17, 15) is 9.90 Å². The SMILES string of the molecule is Cc1ccc(-c2c(Cl)sc3[nH]c(=O)c(C#N)c(O)c23)o1. The number of nitrogens with zero attached hydrogens (tertiary/aromatic N) is 1. The monoisotopic (exact) mass is 306 g/mol. The molecule has 7 heteroatoms. The first kappa shape index (κ1) is 12.8. The molecule has 0 fully saturated rings. The second-order valence-electron chi connectivity index (χ2n) is 4.15. The van der Waals surface area contributed by atoms with Crippen LogP contribution in [0.15, 0.2) is 21.3 Å². The number of furan rings is 1. The molecule has 0 amide bonds. The number of hydrogen-bond acceptors (Lipinski definition) is 5. The minimum Gasteiger partial charge on any atom is -0.506 e. The third-order valence-corrected chi connectivity index (χ3v) is 4.21. The van der Waals surface area contributed by atoms with Gasteiger partial charge in [0.2, 0.25) is 0 Å². The molecule has 20 heavy (non-hydrogen) atoms. The van der Waals surface area contributed by atoms with Crippen LogP contribution in [0.3, 0.4) is 0 Å². The second-order valence-corrected chi connectivity index (χ2v) is 5.78. The number of aromatic amines is 1. The molecule has 0 aromatic carbocycles. The van der Waals surface area contributed by atoms with Crippen LogP contribution in [-0.4, -0.2) is 10.1 Å². The lowest BCUT2D eigenvalue weighted by Gasteiger charge is -2.00. The van der Waals surface area contributed by atoms with Gasteiger partial charge < -0.3 is 14.5 Å². The summed E-state index contributed by atoms with van der Waals surface area (Å²) in [5, 5.41) is 19.4. The number of hydrogen-bond donors (Lipinski definition) is 2. The number of rotatable bonds is 1. The van der Waals surface area contributed by atoms with Crippen LogP contribution in [0.1, 0.15) is 11.3 Å². The highest BCUT2D eigenvalue weighted by Crippen LogP contribution is 2.45. The molecule has 3 rings (SSSR count). The third kappa shape index (κ3) is 1.72. The summed E-state index contributed by atoms with van der Waals surface area (Å²) in [7, 11) is 0. The average Bonchev–Trinajstić information content (AvgIpc) is 2.93. The van der Waals surface area contributed by atoms with Gasteiger partial charge in [-0.2, -0.15) is 5.26 Å². The lowest BCUT2D eigenvalue weighted by atomic mass is 10.1. The summed E-state index contributed by atoms with van der Waals surface area (Å²) in [6, 6.07) is 5.17. The molecule has 0 aliphatic rings. The zero-order valence-electron chi connectivity index (χ0n) is 10.2. The van der Waals surface area contributed by atoms with Crippen LogP contribution >= 0.6 is 22.9 Å². The average molecular weight is 307 g/mol. The fourth-order valence-corrected chi connectivity index (χ4v) is 3.36. The molecule has 100 valence electrons. The first-order chi connectivity index (χ1) is 9.52. The van der Waals surface area contributed by atoms with Crippen LogP contribution in [0.5, 0.6) is 5.75 Å². The summed E-state index contributed by atoms with van der Waals surface area (Å²) in [5.74, 6) is 0.795. The molecule has 0 aliphatic carbocycles. The zero-order valence-corrected chi connectivity index (χ0v) is 11.7. The highest BCUT2D eigenvalue weighted by atomic mass is 35.5. The molecule has 0 saturated heterocycles. The van der Waals surface area contributed by atoms with Gasteiger partial charge in [0.15, 0.2) is 5.56 Å². The quantitative estimate of drug-likeness (QED) is 0.721. The number of halogens is 1. The summed E-state index contributed by atoms with van der Waals surface area (Å²) in [6.45, 7) is 1.79. The number of aromatic hydroxyl groups is 1. The fourth-order valence-electron chi connectivity index (χ4n) is 2.01. The van der Waals surface area contributed by atoms with E-state index < -0.39 is 5.56 Å². The molecule has 2 N–H and O–H groups in total. The molecule has 3 aromatic rings. The van der Waals surface area contributed by atoms with Crippen molar-refractivity contribution in [3.63, 3.8) is 0 Å². The maximum Gasteiger partial charge on any atom is 0.270 e. The Morgan fingerprint density at radius 2 is 2.25 bits per heavy atom. The number of aryl methyl sites for hydroxylation is 1.